The lowest BCUT2D eigenvalue weighted by Crippen LogP contribution is -2.53. The van der Waals surface area contributed by atoms with Gasteiger partial charge in [0.2, 0.25) is 0 Å². The lowest BCUT2D eigenvalue weighted by Gasteiger charge is -2.42. The van der Waals surface area contributed by atoms with Crippen LogP contribution in [0.25, 0.3) is 11.3 Å². The van der Waals surface area contributed by atoms with Gasteiger partial charge < -0.3 is 4.52 Å². The molecule has 0 unspecified atom stereocenters. The number of rotatable bonds is 3. The fourth-order valence-electron chi connectivity index (χ4n) is 2.93. The first kappa shape index (κ1) is 15.3. The van der Waals surface area contributed by atoms with Crippen LogP contribution < -0.4 is 0 Å². The molecule has 4 heteroatoms. The predicted molar refractivity (Wildman–Crippen MR) is 88.5 cm³/mol. The third kappa shape index (κ3) is 3.57. The molecule has 1 aliphatic heterocycles. The summed E-state index contributed by atoms with van der Waals surface area (Å²) in [5, 5.41) is 4.22. The van der Waals surface area contributed by atoms with Gasteiger partial charge in [-0.1, -0.05) is 35.5 Å². The van der Waals surface area contributed by atoms with E-state index in [4.69, 9.17) is 4.52 Å². The molecule has 1 aliphatic rings. The van der Waals surface area contributed by atoms with Crippen LogP contribution in [0, 0.1) is 0 Å². The summed E-state index contributed by atoms with van der Waals surface area (Å²) >= 11 is 0. The summed E-state index contributed by atoms with van der Waals surface area (Å²) in [6, 6.07) is 12.2. The number of hydrogen-bond donors (Lipinski definition) is 0. The predicted octanol–water partition coefficient (Wildman–Crippen LogP) is 3.26. The molecule has 4 nitrogen and oxygen atoms in total. The highest BCUT2D eigenvalue weighted by atomic mass is 16.5. The molecule has 118 valence electrons. The fraction of sp³-hybridized carbons (Fsp3) is 0.500. The standard InChI is InChI=1S/C18H25N3O/c1-18(2,3)21-11-9-20(10-12-21)14-16-13-17(22-19-16)15-7-5-4-6-8-15/h4-8,13H,9-12,14H2,1-3H3. The Bertz CT molecular complexity index is 592. The van der Waals surface area contributed by atoms with Crippen LogP contribution in [0.5, 0.6) is 0 Å². The van der Waals surface area contributed by atoms with Crippen molar-refractivity contribution in [1.29, 1.82) is 0 Å². The molecule has 0 radical (unpaired) electrons. The van der Waals surface area contributed by atoms with Crippen molar-refractivity contribution < 1.29 is 4.52 Å². The van der Waals surface area contributed by atoms with Crippen molar-refractivity contribution in [3.8, 4) is 11.3 Å². The van der Waals surface area contributed by atoms with E-state index in [9.17, 15) is 0 Å². The van der Waals surface area contributed by atoms with Crippen molar-refractivity contribution in [1.82, 2.24) is 15.0 Å². The second-order valence-electron chi connectivity index (χ2n) is 6.98. The minimum Gasteiger partial charge on any atom is -0.356 e. The molecule has 0 spiro atoms. The average molecular weight is 299 g/mol. The Morgan fingerprint density at radius 1 is 1.05 bits per heavy atom. The molecule has 22 heavy (non-hydrogen) atoms. The van der Waals surface area contributed by atoms with Gasteiger partial charge in [-0.05, 0) is 20.8 Å². The Morgan fingerprint density at radius 3 is 2.36 bits per heavy atom. The van der Waals surface area contributed by atoms with Crippen LogP contribution in [0.3, 0.4) is 0 Å². The minimum atomic E-state index is 0.264. The normalized spacial score (nSPS) is 17.8. The van der Waals surface area contributed by atoms with Crippen LogP contribution in [0.1, 0.15) is 26.5 Å². The number of hydrogen-bond acceptors (Lipinski definition) is 4. The monoisotopic (exact) mass is 299 g/mol. The molecule has 0 aliphatic carbocycles. The maximum Gasteiger partial charge on any atom is 0.167 e. The minimum absolute atomic E-state index is 0.264. The van der Waals surface area contributed by atoms with Crippen molar-refractivity contribution in [2.45, 2.75) is 32.9 Å². The van der Waals surface area contributed by atoms with Crippen LogP contribution in [0.4, 0.5) is 0 Å². The van der Waals surface area contributed by atoms with Gasteiger partial charge in [0.15, 0.2) is 5.76 Å². The molecule has 0 saturated carbocycles. The van der Waals surface area contributed by atoms with E-state index in [0.717, 1.165) is 49.7 Å². The first-order valence-corrected chi connectivity index (χ1v) is 8.01. The van der Waals surface area contributed by atoms with Crippen LogP contribution in [0.2, 0.25) is 0 Å². The van der Waals surface area contributed by atoms with Crippen LogP contribution in [-0.2, 0) is 6.54 Å². The van der Waals surface area contributed by atoms with Crippen molar-refractivity contribution in [3.05, 3.63) is 42.1 Å². The quantitative estimate of drug-likeness (QED) is 0.871. The number of aromatic nitrogens is 1. The second kappa shape index (κ2) is 6.23. The molecular formula is C18H25N3O. The zero-order valence-corrected chi connectivity index (χ0v) is 13.7. The highest BCUT2D eigenvalue weighted by molar-refractivity contribution is 5.56. The fourth-order valence-corrected chi connectivity index (χ4v) is 2.93. The molecule has 1 aromatic carbocycles. The number of nitrogens with zero attached hydrogens (tertiary/aromatic N) is 3. The summed E-state index contributed by atoms with van der Waals surface area (Å²) < 4.78 is 5.48. The first-order valence-electron chi connectivity index (χ1n) is 8.01. The smallest absolute Gasteiger partial charge is 0.167 e. The third-order valence-corrected chi connectivity index (χ3v) is 4.32. The van der Waals surface area contributed by atoms with Crippen molar-refractivity contribution in [3.63, 3.8) is 0 Å². The zero-order valence-electron chi connectivity index (χ0n) is 13.7. The third-order valence-electron chi connectivity index (χ3n) is 4.32. The molecule has 2 heterocycles. The molecule has 3 rings (SSSR count). The van der Waals surface area contributed by atoms with Gasteiger partial charge in [-0.15, -0.1) is 0 Å². The summed E-state index contributed by atoms with van der Waals surface area (Å²) in [4.78, 5) is 5.00. The largest absolute Gasteiger partial charge is 0.356 e. The van der Waals surface area contributed by atoms with Gasteiger partial charge in [0.25, 0.3) is 0 Å². The van der Waals surface area contributed by atoms with Crippen LogP contribution in [-0.4, -0.2) is 46.7 Å². The zero-order chi connectivity index (χ0) is 15.6. The van der Waals surface area contributed by atoms with Crippen molar-refractivity contribution >= 4 is 0 Å². The molecule has 0 atom stereocenters. The van der Waals surface area contributed by atoms with E-state index < -0.39 is 0 Å². The second-order valence-corrected chi connectivity index (χ2v) is 6.98. The molecule has 2 aromatic rings. The summed E-state index contributed by atoms with van der Waals surface area (Å²) in [6.07, 6.45) is 0. The molecule has 0 bridgehead atoms. The molecule has 0 amide bonds. The van der Waals surface area contributed by atoms with Gasteiger partial charge in [0.1, 0.15) is 0 Å². The SMILES string of the molecule is CC(C)(C)N1CCN(Cc2cc(-c3ccccc3)on2)CC1. The highest BCUT2D eigenvalue weighted by Gasteiger charge is 2.26. The number of benzene rings is 1. The lowest BCUT2D eigenvalue weighted by atomic mass is 10.0. The maximum atomic E-state index is 5.48. The van der Waals surface area contributed by atoms with Crippen molar-refractivity contribution in [2.24, 2.45) is 0 Å². The summed E-state index contributed by atoms with van der Waals surface area (Å²) in [7, 11) is 0. The molecule has 1 fully saturated rings. The van der Waals surface area contributed by atoms with E-state index in [1.807, 2.05) is 30.3 Å². The van der Waals surface area contributed by atoms with Crippen LogP contribution >= 0.6 is 0 Å². The summed E-state index contributed by atoms with van der Waals surface area (Å²) in [6.45, 7) is 12.1. The average Bonchev–Trinajstić information content (AvgIpc) is 2.96. The van der Waals surface area contributed by atoms with Crippen LogP contribution in [0.15, 0.2) is 40.9 Å². The topological polar surface area (TPSA) is 32.5 Å². The van der Waals surface area contributed by atoms with E-state index in [2.05, 4.69) is 41.8 Å². The van der Waals surface area contributed by atoms with Crippen molar-refractivity contribution in [2.75, 3.05) is 26.2 Å². The highest BCUT2D eigenvalue weighted by Crippen LogP contribution is 2.21. The van der Waals surface area contributed by atoms with E-state index in [-0.39, 0.29) is 5.54 Å². The van der Waals surface area contributed by atoms with Gasteiger partial charge in [-0.2, -0.15) is 0 Å². The van der Waals surface area contributed by atoms with Gasteiger partial charge in [-0.25, -0.2) is 0 Å². The van der Waals surface area contributed by atoms with E-state index in [0.29, 0.717) is 0 Å². The molecule has 1 aromatic heterocycles. The molecular weight excluding hydrogens is 274 g/mol. The molecule has 0 N–H and O–H groups in total. The Morgan fingerprint density at radius 2 is 1.73 bits per heavy atom. The summed E-state index contributed by atoms with van der Waals surface area (Å²) in [5.41, 5.74) is 2.36. The van der Waals surface area contributed by atoms with E-state index >= 15 is 0 Å². The van der Waals surface area contributed by atoms with E-state index in [1.54, 1.807) is 0 Å². The Hall–Kier alpha value is -1.65. The van der Waals surface area contributed by atoms with Gasteiger partial charge >= 0.3 is 0 Å². The Kier molecular flexibility index (Phi) is 4.32. The van der Waals surface area contributed by atoms with Gasteiger partial charge in [-0.3, -0.25) is 9.80 Å². The number of piperazine rings is 1. The molecule has 1 saturated heterocycles. The lowest BCUT2D eigenvalue weighted by molar-refractivity contribution is 0.0581. The Labute approximate surface area is 132 Å². The first-order chi connectivity index (χ1) is 10.5. The Balaban J connectivity index is 1.58. The van der Waals surface area contributed by atoms with Gasteiger partial charge in [0.05, 0.1) is 5.69 Å². The van der Waals surface area contributed by atoms with Gasteiger partial charge in [0, 0.05) is 49.9 Å². The van der Waals surface area contributed by atoms with E-state index in [1.165, 1.54) is 0 Å². The maximum absolute atomic E-state index is 5.48. The summed E-state index contributed by atoms with van der Waals surface area (Å²) in [5.74, 6) is 0.851.